The smallest absolute Gasteiger partial charge is 0.223 e. The molecule has 5 heteroatoms. The SMILES string of the molecule is CCNc1nc(C)cc(-c2cccc(Cl)c2Cl)n1. The maximum Gasteiger partial charge on any atom is 0.223 e. The van der Waals surface area contributed by atoms with Crippen molar-refractivity contribution >= 4 is 29.2 Å². The third-order valence-corrected chi connectivity index (χ3v) is 3.24. The molecular formula is C13H13Cl2N3. The molecule has 1 aromatic carbocycles. The number of rotatable bonds is 3. The minimum absolute atomic E-state index is 0.514. The largest absolute Gasteiger partial charge is 0.354 e. The summed E-state index contributed by atoms with van der Waals surface area (Å²) in [6.07, 6.45) is 0. The van der Waals surface area contributed by atoms with Gasteiger partial charge in [-0.15, -0.1) is 0 Å². The molecule has 1 heterocycles. The number of nitrogens with one attached hydrogen (secondary N) is 1. The van der Waals surface area contributed by atoms with E-state index in [2.05, 4.69) is 15.3 Å². The van der Waals surface area contributed by atoms with E-state index in [4.69, 9.17) is 23.2 Å². The van der Waals surface area contributed by atoms with Crippen molar-refractivity contribution in [3.63, 3.8) is 0 Å². The molecule has 0 bridgehead atoms. The standard InChI is InChI=1S/C13H13Cl2N3/c1-3-16-13-17-8(2)7-11(18-13)9-5-4-6-10(14)12(9)15/h4-7H,3H2,1-2H3,(H,16,17,18). The molecule has 18 heavy (non-hydrogen) atoms. The summed E-state index contributed by atoms with van der Waals surface area (Å²) in [6.45, 7) is 4.69. The van der Waals surface area contributed by atoms with Crippen molar-refractivity contribution < 1.29 is 0 Å². The van der Waals surface area contributed by atoms with Gasteiger partial charge >= 0.3 is 0 Å². The Labute approximate surface area is 116 Å². The second-order valence-corrected chi connectivity index (χ2v) is 4.64. The summed E-state index contributed by atoms with van der Waals surface area (Å²) in [6, 6.07) is 7.39. The normalized spacial score (nSPS) is 10.4. The van der Waals surface area contributed by atoms with Crippen LogP contribution in [-0.2, 0) is 0 Å². The molecule has 0 aliphatic rings. The van der Waals surface area contributed by atoms with Crippen LogP contribution in [0.3, 0.4) is 0 Å². The number of hydrogen-bond donors (Lipinski definition) is 1. The fourth-order valence-corrected chi connectivity index (χ4v) is 2.04. The zero-order valence-corrected chi connectivity index (χ0v) is 11.7. The average Bonchev–Trinajstić information content (AvgIpc) is 2.32. The van der Waals surface area contributed by atoms with E-state index in [0.717, 1.165) is 23.5 Å². The van der Waals surface area contributed by atoms with Gasteiger partial charge in [-0.2, -0.15) is 0 Å². The number of nitrogens with zero attached hydrogens (tertiary/aromatic N) is 2. The van der Waals surface area contributed by atoms with Gasteiger partial charge in [0.15, 0.2) is 0 Å². The Kier molecular flexibility index (Phi) is 4.04. The predicted octanol–water partition coefficient (Wildman–Crippen LogP) is 4.19. The summed E-state index contributed by atoms with van der Waals surface area (Å²) < 4.78 is 0. The maximum atomic E-state index is 6.20. The molecule has 0 atom stereocenters. The second kappa shape index (κ2) is 5.55. The lowest BCUT2D eigenvalue weighted by Crippen LogP contribution is -2.04. The van der Waals surface area contributed by atoms with Gasteiger partial charge in [-0.05, 0) is 26.0 Å². The van der Waals surface area contributed by atoms with Gasteiger partial charge in [-0.3, -0.25) is 0 Å². The molecule has 1 N–H and O–H groups in total. The topological polar surface area (TPSA) is 37.8 Å². The molecule has 0 saturated heterocycles. The summed E-state index contributed by atoms with van der Waals surface area (Å²) in [5, 5.41) is 4.13. The number of anilines is 1. The molecule has 0 saturated carbocycles. The molecule has 0 aliphatic carbocycles. The summed E-state index contributed by atoms with van der Waals surface area (Å²) >= 11 is 12.2. The first-order valence-corrected chi connectivity index (χ1v) is 6.41. The lowest BCUT2D eigenvalue weighted by Gasteiger charge is -2.08. The number of halogens is 2. The Bertz CT molecular complexity index is 570. The van der Waals surface area contributed by atoms with Crippen molar-refractivity contribution in [2.45, 2.75) is 13.8 Å². The monoisotopic (exact) mass is 281 g/mol. The van der Waals surface area contributed by atoms with Crippen LogP contribution < -0.4 is 5.32 Å². The highest BCUT2D eigenvalue weighted by molar-refractivity contribution is 6.43. The molecule has 0 spiro atoms. The minimum Gasteiger partial charge on any atom is -0.354 e. The molecule has 94 valence electrons. The van der Waals surface area contributed by atoms with Crippen LogP contribution in [0.4, 0.5) is 5.95 Å². The quantitative estimate of drug-likeness (QED) is 0.917. The fourth-order valence-electron chi connectivity index (χ4n) is 1.65. The van der Waals surface area contributed by atoms with Gasteiger partial charge in [-0.25, -0.2) is 9.97 Å². The first kappa shape index (κ1) is 13.1. The van der Waals surface area contributed by atoms with Gasteiger partial charge in [0.05, 0.1) is 15.7 Å². The third kappa shape index (κ3) is 2.74. The van der Waals surface area contributed by atoms with E-state index in [-0.39, 0.29) is 0 Å². The Hall–Kier alpha value is -1.32. The van der Waals surface area contributed by atoms with Crippen LogP contribution in [0.25, 0.3) is 11.3 Å². The van der Waals surface area contributed by atoms with E-state index in [9.17, 15) is 0 Å². The van der Waals surface area contributed by atoms with Crippen molar-refractivity contribution in [3.8, 4) is 11.3 Å². The van der Waals surface area contributed by atoms with Gasteiger partial charge in [0.2, 0.25) is 5.95 Å². The first-order chi connectivity index (χ1) is 8.61. The van der Waals surface area contributed by atoms with Crippen LogP contribution in [0.15, 0.2) is 24.3 Å². The minimum atomic E-state index is 0.514. The van der Waals surface area contributed by atoms with Crippen LogP contribution in [-0.4, -0.2) is 16.5 Å². The van der Waals surface area contributed by atoms with Gasteiger partial charge in [-0.1, -0.05) is 35.3 Å². The van der Waals surface area contributed by atoms with E-state index < -0.39 is 0 Å². The lowest BCUT2D eigenvalue weighted by atomic mass is 10.1. The van der Waals surface area contributed by atoms with Crippen molar-refractivity contribution in [1.29, 1.82) is 0 Å². The van der Waals surface area contributed by atoms with E-state index >= 15 is 0 Å². The lowest BCUT2D eigenvalue weighted by molar-refractivity contribution is 1.06. The van der Waals surface area contributed by atoms with Crippen LogP contribution in [0.5, 0.6) is 0 Å². The Morgan fingerprint density at radius 3 is 2.72 bits per heavy atom. The van der Waals surface area contributed by atoms with E-state index in [1.165, 1.54) is 0 Å². The van der Waals surface area contributed by atoms with Gasteiger partial charge in [0, 0.05) is 17.8 Å². The zero-order chi connectivity index (χ0) is 13.1. The predicted molar refractivity (Wildman–Crippen MR) is 76.4 cm³/mol. The van der Waals surface area contributed by atoms with Crippen LogP contribution >= 0.6 is 23.2 Å². The molecule has 3 nitrogen and oxygen atoms in total. The highest BCUT2D eigenvalue weighted by atomic mass is 35.5. The van der Waals surface area contributed by atoms with Gasteiger partial charge in [0.1, 0.15) is 0 Å². The summed E-state index contributed by atoms with van der Waals surface area (Å²) in [5.41, 5.74) is 2.46. The number of aromatic nitrogens is 2. The summed E-state index contributed by atoms with van der Waals surface area (Å²) in [4.78, 5) is 8.73. The number of benzene rings is 1. The molecule has 0 fully saturated rings. The summed E-state index contributed by atoms with van der Waals surface area (Å²) in [5.74, 6) is 0.601. The highest BCUT2D eigenvalue weighted by Gasteiger charge is 2.10. The van der Waals surface area contributed by atoms with E-state index in [1.807, 2.05) is 32.0 Å². The second-order valence-electron chi connectivity index (χ2n) is 3.85. The van der Waals surface area contributed by atoms with Crippen LogP contribution in [0.1, 0.15) is 12.6 Å². The van der Waals surface area contributed by atoms with Crippen molar-refractivity contribution in [3.05, 3.63) is 40.0 Å². The van der Waals surface area contributed by atoms with Gasteiger partial charge < -0.3 is 5.32 Å². The number of hydrogen-bond acceptors (Lipinski definition) is 3. The van der Waals surface area contributed by atoms with Crippen molar-refractivity contribution in [2.75, 3.05) is 11.9 Å². The molecule has 0 aliphatic heterocycles. The Morgan fingerprint density at radius 2 is 2.00 bits per heavy atom. The number of aryl methyl sites for hydroxylation is 1. The van der Waals surface area contributed by atoms with Crippen LogP contribution in [0, 0.1) is 6.92 Å². The average molecular weight is 282 g/mol. The Balaban J connectivity index is 2.53. The first-order valence-electron chi connectivity index (χ1n) is 5.65. The molecule has 0 radical (unpaired) electrons. The molecular weight excluding hydrogens is 269 g/mol. The molecule has 2 aromatic rings. The maximum absolute atomic E-state index is 6.20. The molecule has 0 amide bonds. The van der Waals surface area contributed by atoms with E-state index in [1.54, 1.807) is 6.07 Å². The molecule has 2 rings (SSSR count). The van der Waals surface area contributed by atoms with E-state index in [0.29, 0.717) is 16.0 Å². The fraction of sp³-hybridized carbons (Fsp3) is 0.231. The van der Waals surface area contributed by atoms with Crippen LogP contribution in [0.2, 0.25) is 10.0 Å². The van der Waals surface area contributed by atoms with Gasteiger partial charge in [0.25, 0.3) is 0 Å². The van der Waals surface area contributed by atoms with Crippen molar-refractivity contribution in [1.82, 2.24) is 9.97 Å². The summed E-state index contributed by atoms with van der Waals surface area (Å²) in [7, 11) is 0. The van der Waals surface area contributed by atoms with Crippen molar-refractivity contribution in [2.24, 2.45) is 0 Å². The molecule has 1 aromatic heterocycles. The molecule has 0 unspecified atom stereocenters. The third-order valence-electron chi connectivity index (χ3n) is 2.42. The zero-order valence-electron chi connectivity index (χ0n) is 10.2. The Morgan fingerprint density at radius 1 is 1.22 bits per heavy atom. The highest BCUT2D eigenvalue weighted by Crippen LogP contribution is 2.32.